The van der Waals surface area contributed by atoms with Gasteiger partial charge < -0.3 is 20.1 Å². The molecule has 0 aliphatic rings. The summed E-state index contributed by atoms with van der Waals surface area (Å²) in [6.07, 6.45) is 0.151. The molecule has 0 heterocycles. The van der Waals surface area contributed by atoms with Crippen LogP contribution < -0.4 is 15.0 Å². The minimum atomic E-state index is -1.09. The van der Waals surface area contributed by atoms with Gasteiger partial charge in [-0.05, 0) is 61.4 Å². The molecule has 0 unspecified atom stereocenters. The molecule has 6 nitrogen and oxygen atoms in total. The number of ether oxygens (including phenoxy) is 1. The van der Waals surface area contributed by atoms with Gasteiger partial charge in [0.05, 0.1) is 5.56 Å². The van der Waals surface area contributed by atoms with Gasteiger partial charge in [-0.25, -0.2) is 4.79 Å². The molecule has 4 rings (SSSR count). The fourth-order valence-corrected chi connectivity index (χ4v) is 4.79. The second-order valence-corrected chi connectivity index (χ2v) is 9.93. The fourth-order valence-electron chi connectivity index (χ4n) is 4.43. The van der Waals surface area contributed by atoms with E-state index in [4.69, 9.17) is 4.74 Å². The normalized spacial score (nSPS) is 11.5. The quantitative estimate of drug-likeness (QED) is 0.194. The van der Waals surface area contributed by atoms with E-state index in [1.165, 1.54) is 0 Å². The molecule has 1 atom stereocenters. The van der Waals surface area contributed by atoms with Crippen LogP contribution >= 0.6 is 15.9 Å². The molecule has 0 saturated carbocycles. The van der Waals surface area contributed by atoms with E-state index in [0.29, 0.717) is 5.56 Å². The van der Waals surface area contributed by atoms with Crippen molar-refractivity contribution in [2.75, 3.05) is 18.0 Å². The lowest BCUT2D eigenvalue weighted by Crippen LogP contribution is -2.42. The third-order valence-corrected chi connectivity index (χ3v) is 6.97. The summed E-state index contributed by atoms with van der Waals surface area (Å²) in [5.74, 6) is -0.0380. The van der Waals surface area contributed by atoms with Crippen LogP contribution in [-0.4, -0.2) is 36.1 Å². The van der Waals surface area contributed by atoms with Crippen molar-refractivity contribution in [2.24, 2.45) is 0 Å². The van der Waals surface area contributed by atoms with Crippen molar-refractivity contribution < 1.29 is 19.4 Å². The first kappa shape index (κ1) is 27.9. The minimum Gasteiger partial charge on any atom is -0.480 e. The molecule has 4 aromatic rings. The highest BCUT2D eigenvalue weighted by Crippen LogP contribution is 2.33. The molecule has 0 aliphatic heterocycles. The molecule has 2 N–H and O–H groups in total. The Hall–Kier alpha value is -4.10. The van der Waals surface area contributed by atoms with Crippen LogP contribution in [0.15, 0.2) is 102 Å². The van der Waals surface area contributed by atoms with Gasteiger partial charge in [0, 0.05) is 35.2 Å². The maximum Gasteiger partial charge on any atom is 0.326 e. The molecule has 0 aliphatic carbocycles. The first-order valence-electron chi connectivity index (χ1n) is 12.9. The largest absolute Gasteiger partial charge is 0.480 e. The van der Waals surface area contributed by atoms with Gasteiger partial charge >= 0.3 is 5.97 Å². The third kappa shape index (κ3) is 7.06. The zero-order valence-electron chi connectivity index (χ0n) is 21.9. The minimum absolute atomic E-state index is 0.151. The Kier molecular flexibility index (Phi) is 9.39. The van der Waals surface area contributed by atoms with E-state index in [1.54, 1.807) is 6.07 Å². The van der Waals surface area contributed by atoms with Crippen molar-refractivity contribution in [3.05, 3.63) is 113 Å². The summed E-state index contributed by atoms with van der Waals surface area (Å²) in [4.78, 5) is 27.4. The third-order valence-electron chi connectivity index (χ3n) is 6.47. The second kappa shape index (κ2) is 13.1. The van der Waals surface area contributed by atoms with Crippen molar-refractivity contribution in [3.63, 3.8) is 0 Å². The van der Waals surface area contributed by atoms with Crippen LogP contribution in [0, 0.1) is 0 Å². The van der Waals surface area contributed by atoms with Crippen LogP contribution in [0.4, 0.5) is 5.69 Å². The highest BCUT2D eigenvalue weighted by atomic mass is 79.9. The number of halogens is 1. The molecule has 39 heavy (non-hydrogen) atoms. The molecular formula is C32H31BrN2O4. The lowest BCUT2D eigenvalue weighted by molar-refractivity contribution is -0.139. The van der Waals surface area contributed by atoms with Crippen LogP contribution in [-0.2, 0) is 11.2 Å². The van der Waals surface area contributed by atoms with Crippen LogP contribution in [0.1, 0.15) is 29.8 Å². The second-order valence-electron chi connectivity index (χ2n) is 9.01. The smallest absolute Gasteiger partial charge is 0.326 e. The Labute approximate surface area is 237 Å². The summed E-state index contributed by atoms with van der Waals surface area (Å²) in [5.41, 5.74) is 3.87. The predicted molar refractivity (Wildman–Crippen MR) is 159 cm³/mol. The average Bonchev–Trinajstić information content (AvgIpc) is 2.95. The predicted octanol–water partition coefficient (Wildman–Crippen LogP) is 7.18. The number of carboxylic acids is 1. The summed E-state index contributed by atoms with van der Waals surface area (Å²) < 4.78 is 6.85. The molecule has 0 spiro atoms. The van der Waals surface area contributed by atoms with E-state index < -0.39 is 17.9 Å². The number of hydrogen-bond acceptors (Lipinski definition) is 4. The molecule has 200 valence electrons. The molecular weight excluding hydrogens is 556 g/mol. The van der Waals surface area contributed by atoms with Gasteiger partial charge in [0.2, 0.25) is 0 Å². The number of carboxylic acid groups (broad SMARTS) is 1. The molecule has 0 aromatic heterocycles. The maximum absolute atomic E-state index is 13.2. The zero-order chi connectivity index (χ0) is 27.8. The first-order chi connectivity index (χ1) is 18.9. The lowest BCUT2D eigenvalue weighted by Gasteiger charge is -2.24. The highest BCUT2D eigenvalue weighted by Gasteiger charge is 2.24. The topological polar surface area (TPSA) is 78.9 Å². The highest BCUT2D eigenvalue weighted by molar-refractivity contribution is 9.10. The summed E-state index contributed by atoms with van der Waals surface area (Å²) in [7, 11) is 0. The van der Waals surface area contributed by atoms with Crippen LogP contribution in [0.25, 0.3) is 11.1 Å². The average molecular weight is 588 g/mol. The van der Waals surface area contributed by atoms with Gasteiger partial charge in [0.1, 0.15) is 17.5 Å². The summed E-state index contributed by atoms with van der Waals surface area (Å²) in [6.45, 7) is 5.49. The number of benzene rings is 4. The summed E-state index contributed by atoms with van der Waals surface area (Å²) in [5, 5.41) is 12.6. The SMILES string of the molecule is CCN(CC)c1ccc(Br)cc1C(=O)N[C@@H](Cc1ccc(-c2ccccc2Oc2ccccc2)cc1)C(=O)O. The number of nitrogens with one attached hydrogen (secondary N) is 1. The van der Waals surface area contributed by atoms with E-state index in [-0.39, 0.29) is 6.42 Å². The van der Waals surface area contributed by atoms with E-state index in [1.807, 2.05) is 105 Å². The summed E-state index contributed by atoms with van der Waals surface area (Å²) in [6, 6.07) is 29.4. The Morgan fingerprint density at radius 1 is 0.897 bits per heavy atom. The van der Waals surface area contributed by atoms with Gasteiger partial charge in [-0.1, -0.05) is 76.6 Å². The molecule has 0 bridgehead atoms. The molecule has 1 amide bonds. The number of hydrogen-bond donors (Lipinski definition) is 2. The van der Waals surface area contributed by atoms with Gasteiger partial charge in [0.25, 0.3) is 5.91 Å². The molecule has 0 saturated heterocycles. The monoisotopic (exact) mass is 586 g/mol. The number of rotatable bonds is 11. The maximum atomic E-state index is 13.2. The fraction of sp³-hybridized carbons (Fsp3) is 0.188. The van der Waals surface area contributed by atoms with Gasteiger partial charge in [0.15, 0.2) is 0 Å². The molecule has 0 radical (unpaired) electrons. The van der Waals surface area contributed by atoms with Crippen molar-refractivity contribution in [1.82, 2.24) is 5.32 Å². The lowest BCUT2D eigenvalue weighted by atomic mass is 9.99. The number of aliphatic carboxylic acids is 1. The number of anilines is 1. The molecule has 4 aromatic carbocycles. The standard InChI is InChI=1S/C32H31BrN2O4/c1-3-35(4-2)29-19-18-24(33)21-27(29)31(36)34-28(32(37)38)20-22-14-16-23(17-15-22)26-12-8-9-13-30(26)39-25-10-6-5-7-11-25/h5-19,21,28H,3-4,20H2,1-2H3,(H,34,36)(H,37,38)/t28-/m0/s1. The molecule has 7 heteroatoms. The Morgan fingerprint density at radius 3 is 2.23 bits per heavy atom. The number of carbonyl (C=O) groups excluding carboxylic acids is 1. The van der Waals surface area contributed by atoms with Crippen LogP contribution in [0.5, 0.6) is 11.5 Å². The van der Waals surface area contributed by atoms with Gasteiger partial charge in [-0.15, -0.1) is 0 Å². The van der Waals surface area contributed by atoms with Crippen LogP contribution in [0.3, 0.4) is 0 Å². The van der Waals surface area contributed by atoms with Crippen molar-refractivity contribution >= 4 is 33.5 Å². The van der Waals surface area contributed by atoms with Crippen molar-refractivity contribution in [2.45, 2.75) is 26.3 Å². The number of para-hydroxylation sites is 2. The zero-order valence-corrected chi connectivity index (χ0v) is 23.5. The van der Waals surface area contributed by atoms with E-state index in [0.717, 1.165) is 51.4 Å². The molecule has 0 fully saturated rings. The number of nitrogens with zero attached hydrogens (tertiary/aromatic N) is 1. The summed E-state index contributed by atoms with van der Waals surface area (Å²) >= 11 is 3.43. The Balaban J connectivity index is 1.51. The van der Waals surface area contributed by atoms with Gasteiger partial charge in [-0.3, -0.25) is 4.79 Å². The van der Waals surface area contributed by atoms with E-state index in [2.05, 4.69) is 26.1 Å². The number of carbonyl (C=O) groups is 2. The van der Waals surface area contributed by atoms with E-state index in [9.17, 15) is 14.7 Å². The Morgan fingerprint density at radius 2 is 1.56 bits per heavy atom. The number of amides is 1. The van der Waals surface area contributed by atoms with E-state index >= 15 is 0 Å². The van der Waals surface area contributed by atoms with Crippen molar-refractivity contribution in [3.8, 4) is 22.6 Å². The Bertz CT molecular complexity index is 1420. The van der Waals surface area contributed by atoms with Crippen LogP contribution in [0.2, 0.25) is 0 Å². The van der Waals surface area contributed by atoms with Crippen molar-refractivity contribution in [1.29, 1.82) is 0 Å². The first-order valence-corrected chi connectivity index (χ1v) is 13.7. The van der Waals surface area contributed by atoms with Gasteiger partial charge in [-0.2, -0.15) is 0 Å².